The van der Waals surface area contributed by atoms with Gasteiger partial charge in [-0.3, -0.25) is 4.79 Å². The van der Waals surface area contributed by atoms with Crippen molar-refractivity contribution in [3.05, 3.63) is 28.8 Å². The smallest absolute Gasteiger partial charge is 0.310 e. The van der Waals surface area contributed by atoms with Crippen LogP contribution < -0.4 is 4.74 Å². The van der Waals surface area contributed by atoms with Crippen LogP contribution in [-0.4, -0.2) is 18.7 Å². The molecule has 17 heavy (non-hydrogen) atoms. The van der Waals surface area contributed by atoms with Crippen LogP contribution in [0.2, 0.25) is 5.02 Å². The Morgan fingerprint density at radius 3 is 2.53 bits per heavy atom. The molecule has 4 heteroatoms. The average Bonchev–Trinajstić information content (AvgIpc) is 2.14. The Kier molecular flexibility index (Phi) is 4.40. The van der Waals surface area contributed by atoms with Crippen LogP contribution in [0.3, 0.4) is 0 Å². The summed E-state index contributed by atoms with van der Waals surface area (Å²) in [4.78, 5) is 11.7. The number of carbonyl (C=O) groups is 1. The van der Waals surface area contributed by atoms with Gasteiger partial charge in [-0.15, -0.1) is 0 Å². The highest BCUT2D eigenvalue weighted by Crippen LogP contribution is 2.23. The van der Waals surface area contributed by atoms with E-state index in [1.165, 1.54) is 0 Å². The van der Waals surface area contributed by atoms with E-state index in [0.29, 0.717) is 10.8 Å². The molecule has 0 bridgehead atoms. The lowest BCUT2D eigenvalue weighted by molar-refractivity contribution is -0.153. The van der Waals surface area contributed by atoms with Gasteiger partial charge < -0.3 is 9.47 Å². The van der Waals surface area contributed by atoms with Crippen LogP contribution in [0.1, 0.15) is 26.3 Å². The molecule has 1 aromatic rings. The summed E-state index contributed by atoms with van der Waals surface area (Å²) in [6.45, 7) is 5.50. The standard InChI is InChI=1S/C13H17ClO3/c1-13(2,3)17-12(15)8-9-7-10(14)5-6-11(9)16-4/h5-7H,8H2,1-4H3. The van der Waals surface area contributed by atoms with Crippen molar-refractivity contribution in [1.29, 1.82) is 0 Å². The van der Waals surface area contributed by atoms with E-state index in [1.54, 1.807) is 25.3 Å². The van der Waals surface area contributed by atoms with Gasteiger partial charge in [0.2, 0.25) is 0 Å². The molecule has 0 N–H and O–H groups in total. The highest BCUT2D eigenvalue weighted by molar-refractivity contribution is 6.30. The van der Waals surface area contributed by atoms with Gasteiger partial charge in [0.05, 0.1) is 13.5 Å². The summed E-state index contributed by atoms with van der Waals surface area (Å²) in [5.74, 6) is 0.346. The highest BCUT2D eigenvalue weighted by Gasteiger charge is 2.18. The Morgan fingerprint density at radius 2 is 2.00 bits per heavy atom. The third kappa shape index (κ3) is 4.65. The zero-order valence-electron chi connectivity index (χ0n) is 10.5. The molecule has 0 radical (unpaired) electrons. The quantitative estimate of drug-likeness (QED) is 0.779. The van der Waals surface area contributed by atoms with E-state index in [-0.39, 0.29) is 12.4 Å². The number of hydrogen-bond acceptors (Lipinski definition) is 3. The van der Waals surface area contributed by atoms with Crippen molar-refractivity contribution in [2.24, 2.45) is 0 Å². The van der Waals surface area contributed by atoms with Crippen molar-refractivity contribution in [2.75, 3.05) is 7.11 Å². The lowest BCUT2D eigenvalue weighted by atomic mass is 10.1. The SMILES string of the molecule is COc1ccc(Cl)cc1CC(=O)OC(C)(C)C. The second-order valence-electron chi connectivity index (χ2n) is 4.72. The first-order valence-corrected chi connectivity index (χ1v) is 5.74. The Morgan fingerprint density at radius 1 is 1.35 bits per heavy atom. The summed E-state index contributed by atoms with van der Waals surface area (Å²) in [6.07, 6.45) is 0.154. The molecule has 0 heterocycles. The van der Waals surface area contributed by atoms with Gasteiger partial charge in [-0.2, -0.15) is 0 Å². The molecule has 0 aliphatic heterocycles. The van der Waals surface area contributed by atoms with Crippen molar-refractivity contribution in [1.82, 2.24) is 0 Å². The number of esters is 1. The molecule has 0 aliphatic carbocycles. The largest absolute Gasteiger partial charge is 0.496 e. The van der Waals surface area contributed by atoms with Gasteiger partial charge in [-0.25, -0.2) is 0 Å². The lowest BCUT2D eigenvalue weighted by Gasteiger charge is -2.19. The Balaban J connectivity index is 2.80. The topological polar surface area (TPSA) is 35.5 Å². The van der Waals surface area contributed by atoms with E-state index in [2.05, 4.69) is 0 Å². The molecule has 1 aromatic carbocycles. The molecule has 0 saturated heterocycles. The summed E-state index contributed by atoms with van der Waals surface area (Å²) in [6, 6.07) is 5.17. The minimum absolute atomic E-state index is 0.154. The van der Waals surface area contributed by atoms with Crippen LogP contribution in [0.25, 0.3) is 0 Å². The fourth-order valence-electron chi connectivity index (χ4n) is 1.42. The van der Waals surface area contributed by atoms with E-state index in [4.69, 9.17) is 21.1 Å². The molecular weight excluding hydrogens is 240 g/mol. The third-order valence-corrected chi connectivity index (χ3v) is 2.23. The van der Waals surface area contributed by atoms with Crippen LogP contribution in [-0.2, 0) is 16.0 Å². The summed E-state index contributed by atoms with van der Waals surface area (Å²) >= 11 is 5.88. The summed E-state index contributed by atoms with van der Waals surface area (Å²) in [7, 11) is 1.56. The fourth-order valence-corrected chi connectivity index (χ4v) is 1.61. The van der Waals surface area contributed by atoms with Crippen molar-refractivity contribution in [3.8, 4) is 5.75 Å². The first-order valence-electron chi connectivity index (χ1n) is 5.36. The maximum Gasteiger partial charge on any atom is 0.310 e. The second kappa shape index (κ2) is 5.41. The summed E-state index contributed by atoms with van der Waals surface area (Å²) in [5, 5.41) is 0.573. The zero-order chi connectivity index (χ0) is 13.1. The number of hydrogen-bond donors (Lipinski definition) is 0. The monoisotopic (exact) mass is 256 g/mol. The fraction of sp³-hybridized carbons (Fsp3) is 0.462. The maximum absolute atomic E-state index is 11.7. The van der Waals surface area contributed by atoms with Gasteiger partial charge in [-0.1, -0.05) is 11.6 Å². The van der Waals surface area contributed by atoms with Crippen molar-refractivity contribution >= 4 is 17.6 Å². The second-order valence-corrected chi connectivity index (χ2v) is 5.16. The number of carbonyl (C=O) groups excluding carboxylic acids is 1. The molecular formula is C13H17ClO3. The van der Waals surface area contributed by atoms with Crippen molar-refractivity contribution < 1.29 is 14.3 Å². The molecule has 0 atom stereocenters. The summed E-state index contributed by atoms with van der Waals surface area (Å²) in [5.41, 5.74) is 0.248. The van der Waals surface area contributed by atoms with E-state index in [1.807, 2.05) is 20.8 Å². The van der Waals surface area contributed by atoms with Crippen LogP contribution >= 0.6 is 11.6 Å². The first kappa shape index (κ1) is 13.8. The zero-order valence-corrected chi connectivity index (χ0v) is 11.3. The van der Waals surface area contributed by atoms with Crippen LogP contribution in [0.5, 0.6) is 5.75 Å². The van der Waals surface area contributed by atoms with Crippen LogP contribution in [0, 0.1) is 0 Å². The minimum atomic E-state index is -0.483. The molecule has 1 rings (SSSR count). The van der Waals surface area contributed by atoms with Gasteiger partial charge in [0.25, 0.3) is 0 Å². The van der Waals surface area contributed by atoms with E-state index < -0.39 is 5.60 Å². The third-order valence-electron chi connectivity index (χ3n) is 2.00. The number of ether oxygens (including phenoxy) is 2. The number of halogens is 1. The van der Waals surface area contributed by atoms with Gasteiger partial charge in [0, 0.05) is 10.6 Å². The molecule has 0 fully saturated rings. The molecule has 0 spiro atoms. The Hall–Kier alpha value is -1.22. The summed E-state index contributed by atoms with van der Waals surface area (Å²) < 4.78 is 10.4. The molecule has 3 nitrogen and oxygen atoms in total. The van der Waals surface area contributed by atoms with Crippen molar-refractivity contribution in [3.63, 3.8) is 0 Å². The molecule has 0 aromatic heterocycles. The molecule has 0 saturated carbocycles. The highest BCUT2D eigenvalue weighted by atomic mass is 35.5. The molecule has 0 aliphatic rings. The van der Waals surface area contributed by atoms with Gasteiger partial charge in [0.15, 0.2) is 0 Å². The predicted octanol–water partition coefficient (Wildman–Crippen LogP) is 3.23. The lowest BCUT2D eigenvalue weighted by Crippen LogP contribution is -2.25. The maximum atomic E-state index is 11.7. The number of methoxy groups -OCH3 is 1. The first-order chi connectivity index (χ1) is 7.81. The minimum Gasteiger partial charge on any atom is -0.496 e. The average molecular weight is 257 g/mol. The number of benzene rings is 1. The Bertz CT molecular complexity index is 408. The number of rotatable bonds is 3. The van der Waals surface area contributed by atoms with Crippen molar-refractivity contribution in [2.45, 2.75) is 32.8 Å². The molecule has 94 valence electrons. The predicted molar refractivity (Wildman–Crippen MR) is 67.6 cm³/mol. The van der Waals surface area contributed by atoms with Gasteiger partial charge in [-0.05, 0) is 39.0 Å². The van der Waals surface area contributed by atoms with Crippen LogP contribution in [0.4, 0.5) is 0 Å². The van der Waals surface area contributed by atoms with E-state index >= 15 is 0 Å². The normalized spacial score (nSPS) is 11.1. The van der Waals surface area contributed by atoms with E-state index in [0.717, 1.165) is 5.56 Å². The van der Waals surface area contributed by atoms with Gasteiger partial charge in [0.1, 0.15) is 11.4 Å². The van der Waals surface area contributed by atoms with E-state index in [9.17, 15) is 4.79 Å². The molecule has 0 amide bonds. The van der Waals surface area contributed by atoms with Crippen LogP contribution in [0.15, 0.2) is 18.2 Å². The van der Waals surface area contributed by atoms with Gasteiger partial charge >= 0.3 is 5.97 Å². The molecule has 0 unspecified atom stereocenters. The Labute approximate surface area is 107 Å².